The van der Waals surface area contributed by atoms with E-state index >= 15 is 0 Å². The van der Waals surface area contributed by atoms with Crippen LogP contribution in [-0.4, -0.2) is 38.8 Å². The maximum Gasteiger partial charge on any atom is 0.269 e. The summed E-state index contributed by atoms with van der Waals surface area (Å²) >= 11 is 0. The molecular formula is C19H29NO4. The van der Waals surface area contributed by atoms with E-state index in [9.17, 15) is 4.79 Å². The van der Waals surface area contributed by atoms with E-state index in [1.807, 2.05) is 30.3 Å². The van der Waals surface area contributed by atoms with Crippen molar-refractivity contribution in [3.05, 3.63) is 42.0 Å². The van der Waals surface area contributed by atoms with Crippen LogP contribution in [0.4, 0.5) is 0 Å². The van der Waals surface area contributed by atoms with Crippen LogP contribution in [0.2, 0.25) is 0 Å². The Balaban J connectivity index is 2.28. The van der Waals surface area contributed by atoms with Crippen LogP contribution in [0.5, 0.6) is 5.75 Å². The molecule has 0 aliphatic carbocycles. The molecule has 2 atom stereocenters. The predicted octanol–water partition coefficient (Wildman–Crippen LogP) is 3.45. The third-order valence-corrected chi connectivity index (χ3v) is 3.76. The maximum absolute atomic E-state index is 11.6. The molecule has 0 heterocycles. The molecule has 134 valence electrons. The number of carbonyl (C=O) groups is 1. The number of hydrogen-bond donors (Lipinski definition) is 0. The molecule has 0 saturated carbocycles. The van der Waals surface area contributed by atoms with Gasteiger partial charge in [0.25, 0.3) is 5.91 Å². The molecule has 0 aliphatic rings. The smallest absolute Gasteiger partial charge is 0.269 e. The summed E-state index contributed by atoms with van der Waals surface area (Å²) in [5, 5.41) is 1.20. The second-order valence-corrected chi connectivity index (χ2v) is 6.06. The molecule has 0 bridgehead atoms. The van der Waals surface area contributed by atoms with Crippen LogP contribution in [0.1, 0.15) is 25.8 Å². The highest BCUT2D eigenvalue weighted by molar-refractivity contribution is 5.86. The fraction of sp³-hybridized carbons (Fsp3) is 0.526. The predicted molar refractivity (Wildman–Crippen MR) is 94.5 cm³/mol. The van der Waals surface area contributed by atoms with Crippen LogP contribution >= 0.6 is 0 Å². The normalized spacial score (nSPS) is 13.7. The van der Waals surface area contributed by atoms with Crippen molar-refractivity contribution in [3.8, 4) is 5.75 Å². The molecule has 0 radical (unpaired) electrons. The van der Waals surface area contributed by atoms with Gasteiger partial charge in [-0.1, -0.05) is 32.1 Å². The molecule has 1 rings (SSSR count). The number of carbonyl (C=O) groups excluding carboxylic acids is 1. The van der Waals surface area contributed by atoms with Crippen LogP contribution in [0.25, 0.3) is 0 Å². The molecule has 5 heteroatoms. The van der Waals surface area contributed by atoms with Crippen LogP contribution in [0, 0.1) is 11.8 Å². The van der Waals surface area contributed by atoms with Crippen LogP contribution in [0.15, 0.2) is 36.4 Å². The third-order valence-electron chi connectivity index (χ3n) is 3.76. The van der Waals surface area contributed by atoms with Crippen molar-refractivity contribution in [1.29, 1.82) is 0 Å². The van der Waals surface area contributed by atoms with Gasteiger partial charge in [-0.05, 0) is 36.0 Å². The zero-order valence-electron chi connectivity index (χ0n) is 15.3. The minimum Gasteiger partial charge on any atom is -0.497 e. The van der Waals surface area contributed by atoms with Crippen molar-refractivity contribution in [2.24, 2.45) is 11.8 Å². The maximum atomic E-state index is 11.6. The Morgan fingerprint density at radius 2 is 1.88 bits per heavy atom. The second-order valence-electron chi connectivity index (χ2n) is 6.06. The van der Waals surface area contributed by atoms with E-state index in [0.717, 1.165) is 17.7 Å². The Morgan fingerprint density at radius 1 is 1.21 bits per heavy atom. The topological polar surface area (TPSA) is 48.0 Å². The van der Waals surface area contributed by atoms with Crippen molar-refractivity contribution in [2.75, 3.05) is 27.9 Å². The molecule has 0 aliphatic heterocycles. The van der Waals surface area contributed by atoms with Gasteiger partial charge in [0, 0.05) is 19.7 Å². The molecule has 5 nitrogen and oxygen atoms in total. The summed E-state index contributed by atoms with van der Waals surface area (Å²) < 4.78 is 10.9. The van der Waals surface area contributed by atoms with E-state index in [-0.39, 0.29) is 5.91 Å². The van der Waals surface area contributed by atoms with Crippen molar-refractivity contribution in [2.45, 2.75) is 26.9 Å². The van der Waals surface area contributed by atoms with Crippen molar-refractivity contribution in [1.82, 2.24) is 5.06 Å². The van der Waals surface area contributed by atoms with E-state index < -0.39 is 0 Å². The lowest BCUT2D eigenvalue weighted by molar-refractivity contribution is -0.162. The Labute approximate surface area is 145 Å². The van der Waals surface area contributed by atoms with Gasteiger partial charge in [0.15, 0.2) is 0 Å². The molecule has 0 N–H and O–H groups in total. The number of hydroxylamine groups is 2. The molecule has 1 amide bonds. The highest BCUT2D eigenvalue weighted by atomic mass is 16.7. The lowest BCUT2D eigenvalue weighted by Gasteiger charge is -2.15. The molecule has 1 aromatic rings. The summed E-state index contributed by atoms with van der Waals surface area (Å²) in [6, 6.07) is 7.88. The Bertz CT molecular complexity index is 513. The highest BCUT2D eigenvalue weighted by Crippen LogP contribution is 2.16. The first kappa shape index (κ1) is 20.2. The number of amides is 1. The van der Waals surface area contributed by atoms with Gasteiger partial charge in [-0.2, -0.15) is 0 Å². The quantitative estimate of drug-likeness (QED) is 0.485. The SMILES string of the molecule is COc1ccc(COC[C@@H](C)C[C@@H](C)/C=C\C(=O)N(C)OC)cc1. The monoisotopic (exact) mass is 335 g/mol. The molecule has 0 unspecified atom stereocenters. The van der Waals surface area contributed by atoms with E-state index in [2.05, 4.69) is 13.8 Å². The van der Waals surface area contributed by atoms with E-state index in [1.165, 1.54) is 12.2 Å². The minimum absolute atomic E-state index is 0.159. The van der Waals surface area contributed by atoms with Gasteiger partial charge in [0.1, 0.15) is 5.75 Å². The largest absolute Gasteiger partial charge is 0.497 e. The number of likely N-dealkylation sites (N-methyl/N-ethyl adjacent to an activating group) is 1. The molecule has 0 spiro atoms. The molecule has 1 aromatic carbocycles. The zero-order chi connectivity index (χ0) is 17.9. The van der Waals surface area contributed by atoms with E-state index in [0.29, 0.717) is 25.0 Å². The molecule has 0 fully saturated rings. The second kappa shape index (κ2) is 10.8. The lowest BCUT2D eigenvalue weighted by Crippen LogP contribution is -2.23. The number of nitrogens with zero attached hydrogens (tertiary/aromatic N) is 1. The number of ether oxygens (including phenoxy) is 2. The summed E-state index contributed by atoms with van der Waals surface area (Å²) in [5.41, 5.74) is 1.13. The van der Waals surface area contributed by atoms with Crippen molar-refractivity contribution in [3.63, 3.8) is 0 Å². The van der Waals surface area contributed by atoms with Crippen molar-refractivity contribution < 1.29 is 19.1 Å². The standard InChI is InChI=1S/C19H29NO4/c1-15(6-11-19(21)20(3)23-5)12-16(2)13-24-14-17-7-9-18(22-4)10-8-17/h6-11,15-16H,12-14H2,1-5H3/b11-6-/t15-,16-/m0/s1. The number of methoxy groups -OCH3 is 1. The molecule has 0 aromatic heterocycles. The number of rotatable bonds is 10. The average Bonchev–Trinajstić information content (AvgIpc) is 2.59. The highest BCUT2D eigenvalue weighted by Gasteiger charge is 2.09. The molecule has 0 saturated heterocycles. The Morgan fingerprint density at radius 3 is 2.46 bits per heavy atom. The third kappa shape index (κ3) is 7.62. The first-order valence-electron chi connectivity index (χ1n) is 8.17. The summed E-state index contributed by atoms with van der Waals surface area (Å²) in [4.78, 5) is 16.5. The zero-order valence-corrected chi connectivity index (χ0v) is 15.3. The van der Waals surface area contributed by atoms with Gasteiger partial charge in [-0.3, -0.25) is 9.63 Å². The van der Waals surface area contributed by atoms with Gasteiger partial charge in [-0.25, -0.2) is 5.06 Å². The van der Waals surface area contributed by atoms with E-state index in [4.69, 9.17) is 14.3 Å². The summed E-state index contributed by atoms with van der Waals surface area (Å²) in [7, 11) is 4.72. The van der Waals surface area contributed by atoms with Gasteiger partial charge in [0.2, 0.25) is 0 Å². The Hall–Kier alpha value is -1.85. The van der Waals surface area contributed by atoms with E-state index in [1.54, 1.807) is 20.2 Å². The summed E-state index contributed by atoms with van der Waals surface area (Å²) in [6.07, 6.45) is 4.43. The van der Waals surface area contributed by atoms with Gasteiger partial charge < -0.3 is 9.47 Å². The molecule has 24 heavy (non-hydrogen) atoms. The lowest BCUT2D eigenvalue weighted by atomic mass is 9.97. The summed E-state index contributed by atoms with van der Waals surface area (Å²) in [5.74, 6) is 1.41. The fourth-order valence-electron chi connectivity index (χ4n) is 2.32. The first-order valence-corrected chi connectivity index (χ1v) is 8.17. The average molecular weight is 335 g/mol. The first-order chi connectivity index (χ1) is 11.5. The van der Waals surface area contributed by atoms with Gasteiger partial charge in [-0.15, -0.1) is 0 Å². The van der Waals surface area contributed by atoms with Crippen LogP contribution in [-0.2, 0) is 21.0 Å². The number of allylic oxidation sites excluding steroid dienone is 1. The summed E-state index contributed by atoms with van der Waals surface area (Å²) in [6.45, 7) is 5.53. The minimum atomic E-state index is -0.159. The number of benzene rings is 1. The van der Waals surface area contributed by atoms with Crippen molar-refractivity contribution >= 4 is 5.91 Å². The Kier molecular flexibility index (Phi) is 9.12. The number of hydrogen-bond acceptors (Lipinski definition) is 4. The van der Waals surface area contributed by atoms with Crippen LogP contribution < -0.4 is 4.74 Å². The molecular weight excluding hydrogens is 306 g/mol. The van der Waals surface area contributed by atoms with Gasteiger partial charge >= 0.3 is 0 Å². The fourth-order valence-corrected chi connectivity index (χ4v) is 2.32. The van der Waals surface area contributed by atoms with Crippen LogP contribution in [0.3, 0.4) is 0 Å². The van der Waals surface area contributed by atoms with Gasteiger partial charge in [0.05, 0.1) is 20.8 Å².